The lowest BCUT2D eigenvalue weighted by Crippen LogP contribution is -2.54. The Labute approximate surface area is 181 Å². The van der Waals surface area contributed by atoms with E-state index in [9.17, 15) is 9.90 Å². The number of nitrogens with zero attached hydrogens (tertiary/aromatic N) is 2. The van der Waals surface area contributed by atoms with Crippen molar-refractivity contribution in [3.63, 3.8) is 0 Å². The highest BCUT2D eigenvalue weighted by Gasteiger charge is 2.28. The van der Waals surface area contributed by atoms with Gasteiger partial charge in [-0.1, -0.05) is 30.3 Å². The highest BCUT2D eigenvalue weighted by molar-refractivity contribution is 5.74. The molecule has 162 valence electrons. The van der Waals surface area contributed by atoms with E-state index in [-0.39, 0.29) is 0 Å². The van der Waals surface area contributed by atoms with Crippen LogP contribution in [0.1, 0.15) is 17.0 Å². The molecule has 2 heterocycles. The van der Waals surface area contributed by atoms with Crippen LogP contribution in [-0.4, -0.2) is 53.2 Å². The van der Waals surface area contributed by atoms with E-state index in [2.05, 4.69) is 10.3 Å². The van der Waals surface area contributed by atoms with Gasteiger partial charge in [-0.25, -0.2) is 4.98 Å². The molecule has 0 saturated carbocycles. The van der Waals surface area contributed by atoms with Gasteiger partial charge in [-0.2, -0.15) is 0 Å². The van der Waals surface area contributed by atoms with E-state index in [1.165, 1.54) is 0 Å². The van der Waals surface area contributed by atoms with E-state index in [0.29, 0.717) is 38.6 Å². The molecular weight excluding hydrogens is 394 g/mol. The first-order chi connectivity index (χ1) is 15.1. The third-order valence-electron chi connectivity index (χ3n) is 5.44. The van der Waals surface area contributed by atoms with Crippen molar-refractivity contribution < 1.29 is 19.1 Å². The number of aryl methyl sites for hydroxylation is 1. The number of rotatable bonds is 8. The van der Waals surface area contributed by atoms with Crippen LogP contribution in [0, 0.1) is 6.92 Å². The van der Waals surface area contributed by atoms with Crippen molar-refractivity contribution >= 4 is 5.97 Å². The van der Waals surface area contributed by atoms with Gasteiger partial charge >= 0.3 is 5.97 Å². The molecule has 1 aliphatic rings. The number of piperazine rings is 1. The molecule has 7 heteroatoms. The minimum Gasteiger partial charge on any atom is -0.493 e. The average Bonchev–Trinajstić information content (AvgIpc) is 3.15. The zero-order valence-corrected chi connectivity index (χ0v) is 17.6. The molecule has 0 aliphatic carbocycles. The maximum atomic E-state index is 11.5. The van der Waals surface area contributed by atoms with E-state index < -0.39 is 12.0 Å². The third kappa shape index (κ3) is 5.31. The zero-order valence-electron chi connectivity index (χ0n) is 17.6. The molecule has 1 unspecified atom stereocenters. The normalized spacial score (nSPS) is 16.9. The highest BCUT2D eigenvalue weighted by Crippen LogP contribution is 2.22. The monoisotopic (exact) mass is 421 g/mol. The van der Waals surface area contributed by atoms with Gasteiger partial charge in [0.15, 0.2) is 0 Å². The summed E-state index contributed by atoms with van der Waals surface area (Å²) >= 11 is 0. The summed E-state index contributed by atoms with van der Waals surface area (Å²) in [7, 11) is 0. The summed E-state index contributed by atoms with van der Waals surface area (Å²) in [6, 6.07) is 17.2. The van der Waals surface area contributed by atoms with Gasteiger partial charge < -0.3 is 19.6 Å². The number of hydrogen-bond acceptors (Lipinski definition) is 6. The van der Waals surface area contributed by atoms with Crippen LogP contribution >= 0.6 is 0 Å². The molecular formula is C24H27N3O4. The summed E-state index contributed by atoms with van der Waals surface area (Å²) < 4.78 is 11.8. The highest BCUT2D eigenvalue weighted by atomic mass is 16.5. The first kappa shape index (κ1) is 21.1. The second-order valence-electron chi connectivity index (χ2n) is 7.66. The van der Waals surface area contributed by atoms with Gasteiger partial charge in [0, 0.05) is 38.2 Å². The van der Waals surface area contributed by atoms with Crippen molar-refractivity contribution in [2.75, 3.05) is 26.2 Å². The number of nitrogens with one attached hydrogen (secondary N) is 1. The van der Waals surface area contributed by atoms with Crippen LogP contribution in [0.15, 0.2) is 59.0 Å². The molecule has 1 saturated heterocycles. The Balaban J connectivity index is 1.35. The van der Waals surface area contributed by atoms with Crippen LogP contribution in [0.2, 0.25) is 0 Å². The maximum Gasteiger partial charge on any atom is 0.322 e. The lowest BCUT2D eigenvalue weighted by atomic mass is 10.1. The molecule has 0 spiro atoms. The minimum absolute atomic E-state index is 0.466. The van der Waals surface area contributed by atoms with Crippen molar-refractivity contribution in [3.05, 3.63) is 71.6 Å². The van der Waals surface area contributed by atoms with E-state index in [4.69, 9.17) is 9.15 Å². The van der Waals surface area contributed by atoms with Gasteiger partial charge in [0.1, 0.15) is 17.6 Å². The summed E-state index contributed by atoms with van der Waals surface area (Å²) in [4.78, 5) is 18.1. The zero-order chi connectivity index (χ0) is 21.6. The number of carbonyl (C=O) groups is 1. The largest absolute Gasteiger partial charge is 0.493 e. The van der Waals surface area contributed by atoms with E-state index >= 15 is 0 Å². The molecule has 1 atom stereocenters. The number of benzene rings is 2. The molecule has 1 aliphatic heterocycles. The Bertz CT molecular complexity index is 1020. The molecule has 3 aromatic rings. The van der Waals surface area contributed by atoms with Crippen LogP contribution in [0.25, 0.3) is 11.5 Å². The fourth-order valence-electron chi connectivity index (χ4n) is 3.78. The summed E-state index contributed by atoms with van der Waals surface area (Å²) in [6.07, 6.45) is 0.644. The van der Waals surface area contributed by atoms with E-state index in [1.807, 2.05) is 66.4 Å². The van der Waals surface area contributed by atoms with Crippen LogP contribution in [-0.2, 0) is 17.8 Å². The number of hydrogen-bond donors (Lipinski definition) is 2. The molecule has 1 fully saturated rings. The van der Waals surface area contributed by atoms with Gasteiger partial charge in [-0.15, -0.1) is 0 Å². The standard InChI is InChI=1S/C24H27N3O4/c1-17-21(26-23(31-17)19-7-3-2-4-8-19)10-13-30-20-9-5-6-18(14-20)16-27-12-11-25-15-22(27)24(28)29/h2-9,14,22,25H,10-13,15-16H2,1H3,(H,28,29). The Morgan fingerprint density at radius 1 is 1.26 bits per heavy atom. The second kappa shape index (κ2) is 9.76. The van der Waals surface area contributed by atoms with Crippen LogP contribution in [0.5, 0.6) is 5.75 Å². The second-order valence-corrected chi connectivity index (χ2v) is 7.66. The van der Waals surface area contributed by atoms with Gasteiger partial charge in [0.2, 0.25) is 5.89 Å². The molecule has 0 radical (unpaired) electrons. The van der Waals surface area contributed by atoms with Crippen molar-refractivity contribution in [3.8, 4) is 17.2 Å². The Hall–Kier alpha value is -3.16. The third-order valence-corrected chi connectivity index (χ3v) is 5.44. The van der Waals surface area contributed by atoms with Crippen LogP contribution in [0.4, 0.5) is 0 Å². The van der Waals surface area contributed by atoms with E-state index in [1.54, 1.807) is 0 Å². The quantitative estimate of drug-likeness (QED) is 0.578. The van der Waals surface area contributed by atoms with E-state index in [0.717, 1.165) is 34.9 Å². The predicted molar refractivity (Wildman–Crippen MR) is 117 cm³/mol. The fraction of sp³-hybridized carbons (Fsp3) is 0.333. The fourth-order valence-corrected chi connectivity index (χ4v) is 3.78. The van der Waals surface area contributed by atoms with Gasteiger partial charge in [-0.05, 0) is 36.8 Å². The van der Waals surface area contributed by atoms with Gasteiger partial charge in [0.05, 0.1) is 12.3 Å². The minimum atomic E-state index is -0.794. The molecule has 0 bridgehead atoms. The lowest BCUT2D eigenvalue weighted by Gasteiger charge is -2.33. The number of aliphatic carboxylic acids is 1. The molecule has 4 rings (SSSR count). The van der Waals surface area contributed by atoms with Crippen molar-refractivity contribution in [1.82, 2.24) is 15.2 Å². The first-order valence-corrected chi connectivity index (χ1v) is 10.5. The molecule has 1 aromatic heterocycles. The average molecular weight is 421 g/mol. The number of aromatic nitrogens is 1. The Kier molecular flexibility index (Phi) is 6.64. The summed E-state index contributed by atoms with van der Waals surface area (Å²) in [5.74, 6) is 1.40. The maximum absolute atomic E-state index is 11.5. The Morgan fingerprint density at radius 2 is 2.10 bits per heavy atom. The van der Waals surface area contributed by atoms with Gasteiger partial charge in [-0.3, -0.25) is 9.69 Å². The molecule has 0 amide bonds. The molecule has 31 heavy (non-hydrogen) atoms. The molecule has 2 N–H and O–H groups in total. The van der Waals surface area contributed by atoms with Crippen LogP contribution < -0.4 is 10.1 Å². The Morgan fingerprint density at radius 3 is 2.90 bits per heavy atom. The number of ether oxygens (including phenoxy) is 1. The topological polar surface area (TPSA) is 87.8 Å². The summed E-state index contributed by atoms with van der Waals surface area (Å²) in [6.45, 7) is 4.95. The number of oxazole rings is 1. The molecule has 7 nitrogen and oxygen atoms in total. The number of carboxylic acid groups (broad SMARTS) is 1. The lowest BCUT2D eigenvalue weighted by molar-refractivity contribution is -0.144. The van der Waals surface area contributed by atoms with Gasteiger partial charge in [0.25, 0.3) is 0 Å². The van der Waals surface area contributed by atoms with Crippen molar-refractivity contribution in [1.29, 1.82) is 0 Å². The van der Waals surface area contributed by atoms with Crippen molar-refractivity contribution in [2.45, 2.75) is 25.9 Å². The SMILES string of the molecule is Cc1oc(-c2ccccc2)nc1CCOc1cccc(CN2CCNCC2C(=O)O)c1. The van der Waals surface area contributed by atoms with Crippen molar-refractivity contribution in [2.24, 2.45) is 0 Å². The molecule has 2 aromatic carbocycles. The van der Waals surface area contributed by atoms with Crippen LogP contribution in [0.3, 0.4) is 0 Å². The first-order valence-electron chi connectivity index (χ1n) is 10.5. The smallest absolute Gasteiger partial charge is 0.322 e. The predicted octanol–water partition coefficient (Wildman–Crippen LogP) is 3.13. The summed E-state index contributed by atoms with van der Waals surface area (Å²) in [5, 5.41) is 12.6. The summed E-state index contributed by atoms with van der Waals surface area (Å²) in [5.41, 5.74) is 2.88. The number of carboxylic acids is 1.